The number of hydrogen-bond donors (Lipinski definition) is 1. The number of amides is 2. The van der Waals surface area contributed by atoms with E-state index in [1.807, 2.05) is 24.0 Å². The lowest BCUT2D eigenvalue weighted by molar-refractivity contribution is -0.154. The van der Waals surface area contributed by atoms with E-state index in [9.17, 15) is 19.5 Å². The molecule has 2 amide bonds. The highest BCUT2D eigenvalue weighted by molar-refractivity contribution is 8.02. The molecule has 0 saturated carbocycles. The normalized spacial score (nSPS) is 37.5. The van der Waals surface area contributed by atoms with Crippen LogP contribution in [-0.2, 0) is 19.1 Å². The van der Waals surface area contributed by atoms with Gasteiger partial charge < -0.3 is 19.6 Å². The predicted octanol–water partition coefficient (Wildman–Crippen LogP) is 2.93. The number of hydrogen-bond acceptors (Lipinski definition) is 6. The Kier molecular flexibility index (Phi) is 7.48. The van der Waals surface area contributed by atoms with Gasteiger partial charge in [-0.05, 0) is 46.0 Å². The van der Waals surface area contributed by atoms with Gasteiger partial charge in [-0.15, -0.1) is 11.8 Å². The number of carbonyl (C=O) groups is 3. The summed E-state index contributed by atoms with van der Waals surface area (Å²) in [5.74, 6) is -1.93. The molecule has 0 aromatic carbocycles. The van der Waals surface area contributed by atoms with Crippen molar-refractivity contribution in [2.24, 2.45) is 11.8 Å². The Morgan fingerprint density at radius 3 is 2.71 bits per heavy atom. The molecule has 188 valence electrons. The van der Waals surface area contributed by atoms with Gasteiger partial charge in [-0.2, -0.15) is 0 Å². The van der Waals surface area contributed by atoms with Crippen LogP contribution in [0.1, 0.15) is 59.3 Å². The molecule has 1 N–H and O–H groups in total. The van der Waals surface area contributed by atoms with E-state index < -0.39 is 27.4 Å². The van der Waals surface area contributed by atoms with Crippen LogP contribution < -0.4 is 0 Å². The number of carbonyl (C=O) groups excluding carboxylic acids is 3. The first-order valence-electron chi connectivity index (χ1n) is 12.7. The molecule has 1 spiro atoms. The van der Waals surface area contributed by atoms with Crippen molar-refractivity contribution in [2.45, 2.75) is 80.9 Å². The third-order valence-corrected chi connectivity index (χ3v) is 9.62. The van der Waals surface area contributed by atoms with Crippen LogP contribution in [0.3, 0.4) is 0 Å². The van der Waals surface area contributed by atoms with Crippen LogP contribution in [0.15, 0.2) is 24.3 Å². The van der Waals surface area contributed by atoms with E-state index in [4.69, 9.17) is 4.74 Å². The Morgan fingerprint density at radius 2 is 1.97 bits per heavy atom. The van der Waals surface area contributed by atoms with E-state index in [1.54, 1.807) is 16.7 Å². The molecule has 4 aliphatic heterocycles. The Hall–Kier alpha value is -1.80. The van der Waals surface area contributed by atoms with E-state index >= 15 is 0 Å². The molecule has 7 nitrogen and oxygen atoms in total. The van der Waals surface area contributed by atoms with Crippen molar-refractivity contribution in [3.63, 3.8) is 0 Å². The summed E-state index contributed by atoms with van der Waals surface area (Å²) in [4.78, 5) is 45.1. The molecule has 6 atom stereocenters. The van der Waals surface area contributed by atoms with Crippen LogP contribution in [0, 0.1) is 11.8 Å². The van der Waals surface area contributed by atoms with Gasteiger partial charge in [0.15, 0.2) is 0 Å². The fraction of sp³-hybridized carbons (Fsp3) is 0.731. The topological polar surface area (TPSA) is 87.2 Å². The molecule has 4 rings (SSSR count). The van der Waals surface area contributed by atoms with Crippen LogP contribution in [0.2, 0.25) is 0 Å². The van der Waals surface area contributed by atoms with Crippen molar-refractivity contribution >= 4 is 29.5 Å². The smallest absolute Gasteiger partial charge is 0.311 e. The Balaban J connectivity index is 1.82. The number of likely N-dealkylation sites (tertiary alicyclic amines) is 1. The number of aliphatic hydroxyl groups excluding tert-OH is 1. The summed E-state index contributed by atoms with van der Waals surface area (Å²) in [7, 11) is 0. The second-order valence-corrected chi connectivity index (χ2v) is 12.0. The molecule has 4 aliphatic rings. The average molecular weight is 491 g/mol. The van der Waals surface area contributed by atoms with Crippen LogP contribution in [0.4, 0.5) is 0 Å². The molecular weight excluding hydrogens is 452 g/mol. The lowest BCUT2D eigenvalue weighted by Gasteiger charge is -2.38. The van der Waals surface area contributed by atoms with Crippen LogP contribution >= 0.6 is 11.8 Å². The fourth-order valence-electron chi connectivity index (χ4n) is 6.27. The maximum absolute atomic E-state index is 14.1. The van der Waals surface area contributed by atoms with Gasteiger partial charge in [-0.3, -0.25) is 14.4 Å². The van der Waals surface area contributed by atoms with Gasteiger partial charge in [0.05, 0.1) is 23.2 Å². The summed E-state index contributed by atoms with van der Waals surface area (Å²) < 4.78 is 4.19. The van der Waals surface area contributed by atoms with E-state index in [2.05, 4.69) is 26.0 Å². The standard InChI is InChI=1S/C26H38N2O5S/c1-4-11-18(2)27-14-9-13-26-19(22(30)28(15-10-16-29)21(26)23(27)31)20-24(32)33-17-8-6-5-7-12-25(20,3)34-26/h7,9,12-13,18-21,29H,4-6,8,10-11,14-17H2,1-3H3/b12-7-/t18?,19-,20+,21?,25-,26-/m0/s1. The second-order valence-electron chi connectivity index (χ2n) is 10.2. The maximum Gasteiger partial charge on any atom is 0.311 e. The molecular formula is C26H38N2O5S. The SMILES string of the molecule is CCCC(C)N1CC=C[C@]23S[C@@]4(C)/C=C\CCCCOC(=O)[C@H]4[C@H]2C(=O)N(CCCO)C3C1=O. The molecule has 8 heteroatoms. The molecule has 0 radical (unpaired) electrons. The van der Waals surface area contributed by atoms with Gasteiger partial charge in [0.1, 0.15) is 6.04 Å². The highest BCUT2D eigenvalue weighted by atomic mass is 32.2. The number of rotatable bonds is 6. The quantitative estimate of drug-likeness (QED) is 0.455. The van der Waals surface area contributed by atoms with E-state index in [1.165, 1.54) is 0 Å². The van der Waals surface area contributed by atoms with Gasteiger partial charge in [-0.25, -0.2) is 0 Å². The molecule has 0 bridgehead atoms. The third kappa shape index (κ3) is 4.11. The minimum absolute atomic E-state index is 0.0543. The van der Waals surface area contributed by atoms with Gasteiger partial charge in [0, 0.05) is 30.5 Å². The Labute approximate surface area is 206 Å². The fourth-order valence-corrected chi connectivity index (χ4v) is 8.42. The molecule has 0 aromatic rings. The number of ether oxygens (including phenoxy) is 1. The van der Waals surface area contributed by atoms with Crippen LogP contribution in [0.5, 0.6) is 0 Å². The first-order valence-corrected chi connectivity index (χ1v) is 13.6. The van der Waals surface area contributed by atoms with E-state index in [-0.39, 0.29) is 30.4 Å². The molecule has 0 aliphatic carbocycles. The monoisotopic (exact) mass is 490 g/mol. The van der Waals surface area contributed by atoms with Gasteiger partial charge in [0.2, 0.25) is 11.8 Å². The molecule has 2 fully saturated rings. The summed E-state index contributed by atoms with van der Waals surface area (Å²) in [6, 6.07) is -0.644. The van der Waals surface area contributed by atoms with Crippen molar-refractivity contribution in [3.8, 4) is 0 Å². The minimum atomic E-state index is -0.846. The summed E-state index contributed by atoms with van der Waals surface area (Å²) in [6.45, 7) is 7.26. The summed E-state index contributed by atoms with van der Waals surface area (Å²) >= 11 is 1.58. The highest BCUT2D eigenvalue weighted by Crippen LogP contribution is 2.65. The second kappa shape index (κ2) is 10.1. The van der Waals surface area contributed by atoms with Crippen molar-refractivity contribution < 1.29 is 24.2 Å². The number of fused-ring (bicyclic) bond motifs is 2. The number of thioether (sulfide) groups is 1. The van der Waals surface area contributed by atoms with Crippen molar-refractivity contribution in [1.82, 2.24) is 9.80 Å². The zero-order valence-corrected chi connectivity index (χ0v) is 21.4. The summed E-state index contributed by atoms with van der Waals surface area (Å²) in [5, 5.41) is 9.50. The van der Waals surface area contributed by atoms with E-state index in [0.29, 0.717) is 26.1 Å². The molecule has 34 heavy (non-hydrogen) atoms. The zero-order valence-electron chi connectivity index (χ0n) is 20.6. The van der Waals surface area contributed by atoms with E-state index in [0.717, 1.165) is 32.1 Å². The molecule has 2 unspecified atom stereocenters. The lowest BCUT2D eigenvalue weighted by atomic mass is 9.74. The molecule has 0 aromatic heterocycles. The first-order chi connectivity index (χ1) is 16.3. The number of esters is 1. The highest BCUT2D eigenvalue weighted by Gasteiger charge is 2.73. The average Bonchev–Trinajstić information content (AvgIpc) is 3.12. The molecule has 4 heterocycles. The Morgan fingerprint density at radius 1 is 1.18 bits per heavy atom. The van der Waals surface area contributed by atoms with Crippen LogP contribution in [-0.4, -0.2) is 80.6 Å². The van der Waals surface area contributed by atoms with Crippen molar-refractivity contribution in [3.05, 3.63) is 24.3 Å². The summed E-state index contributed by atoms with van der Waals surface area (Å²) in [5.41, 5.74) is 0. The predicted molar refractivity (Wildman–Crippen MR) is 132 cm³/mol. The third-order valence-electron chi connectivity index (χ3n) is 7.83. The minimum Gasteiger partial charge on any atom is -0.465 e. The maximum atomic E-state index is 14.1. The van der Waals surface area contributed by atoms with Crippen molar-refractivity contribution in [1.29, 1.82) is 0 Å². The zero-order chi connectivity index (χ0) is 24.5. The van der Waals surface area contributed by atoms with Gasteiger partial charge in [-0.1, -0.05) is 37.6 Å². The van der Waals surface area contributed by atoms with Crippen LogP contribution in [0.25, 0.3) is 0 Å². The van der Waals surface area contributed by atoms with Gasteiger partial charge >= 0.3 is 5.97 Å². The number of allylic oxidation sites excluding steroid dienone is 1. The first kappa shape index (κ1) is 25.3. The number of cyclic esters (lactones) is 1. The number of aliphatic hydroxyl groups is 1. The molecule has 2 saturated heterocycles. The van der Waals surface area contributed by atoms with Gasteiger partial charge in [0.25, 0.3) is 0 Å². The Bertz CT molecular complexity index is 875. The number of nitrogens with zero attached hydrogens (tertiary/aromatic N) is 2. The largest absolute Gasteiger partial charge is 0.465 e. The lowest BCUT2D eigenvalue weighted by Crippen LogP contribution is -2.55. The van der Waals surface area contributed by atoms with Crippen molar-refractivity contribution in [2.75, 3.05) is 26.3 Å². The summed E-state index contributed by atoms with van der Waals surface area (Å²) in [6.07, 6.45) is 13.1.